The SMILES string of the molecule is CCOC(=O)c1cccc2c1C(=O)OC2=O. The van der Waals surface area contributed by atoms with Crippen molar-refractivity contribution >= 4 is 17.9 Å². The predicted octanol–water partition coefficient (Wildman–Crippen LogP) is 1.17. The minimum atomic E-state index is -0.802. The van der Waals surface area contributed by atoms with Crippen molar-refractivity contribution in [1.82, 2.24) is 0 Å². The van der Waals surface area contributed by atoms with Gasteiger partial charge < -0.3 is 9.47 Å². The molecule has 0 unspecified atom stereocenters. The lowest BCUT2D eigenvalue weighted by atomic mass is 10.0. The van der Waals surface area contributed by atoms with Gasteiger partial charge in [-0.15, -0.1) is 0 Å². The zero-order valence-corrected chi connectivity index (χ0v) is 8.48. The van der Waals surface area contributed by atoms with Gasteiger partial charge in [0.05, 0.1) is 23.3 Å². The summed E-state index contributed by atoms with van der Waals surface area (Å²) in [6.45, 7) is 1.86. The Balaban J connectivity index is 2.53. The number of fused-ring (bicyclic) bond motifs is 1. The van der Waals surface area contributed by atoms with E-state index in [1.165, 1.54) is 18.2 Å². The summed E-state index contributed by atoms with van der Waals surface area (Å²) in [6, 6.07) is 4.37. The van der Waals surface area contributed by atoms with Crippen LogP contribution in [0.2, 0.25) is 0 Å². The van der Waals surface area contributed by atoms with Crippen molar-refractivity contribution in [2.75, 3.05) is 6.61 Å². The van der Waals surface area contributed by atoms with E-state index in [0.29, 0.717) is 0 Å². The molecule has 1 aliphatic rings. The van der Waals surface area contributed by atoms with Crippen molar-refractivity contribution in [3.8, 4) is 0 Å². The highest BCUT2D eigenvalue weighted by Crippen LogP contribution is 2.24. The van der Waals surface area contributed by atoms with Crippen LogP contribution in [0.4, 0.5) is 0 Å². The molecule has 82 valence electrons. The Morgan fingerprint density at radius 1 is 1.31 bits per heavy atom. The monoisotopic (exact) mass is 220 g/mol. The third-order valence-electron chi connectivity index (χ3n) is 2.17. The van der Waals surface area contributed by atoms with Crippen LogP contribution in [-0.2, 0) is 9.47 Å². The number of carbonyl (C=O) groups is 3. The van der Waals surface area contributed by atoms with E-state index in [-0.39, 0.29) is 23.3 Å². The van der Waals surface area contributed by atoms with Crippen LogP contribution in [0.1, 0.15) is 38.0 Å². The highest BCUT2D eigenvalue weighted by molar-refractivity contribution is 6.18. The third kappa shape index (κ3) is 1.46. The highest BCUT2D eigenvalue weighted by Gasteiger charge is 2.34. The van der Waals surface area contributed by atoms with Crippen LogP contribution in [0.3, 0.4) is 0 Å². The standard InChI is InChI=1S/C11H8O5/c1-2-15-9(12)6-4-3-5-7-8(6)11(14)16-10(7)13/h3-5H,2H2,1H3. The normalized spacial score (nSPS) is 13.3. The van der Waals surface area contributed by atoms with Gasteiger partial charge in [0.2, 0.25) is 0 Å². The number of hydrogen-bond acceptors (Lipinski definition) is 5. The first-order chi connectivity index (χ1) is 7.65. The minimum absolute atomic E-state index is 0.00838. The Bertz CT molecular complexity index is 489. The van der Waals surface area contributed by atoms with E-state index in [9.17, 15) is 14.4 Å². The second kappa shape index (κ2) is 3.77. The molecule has 1 aliphatic heterocycles. The van der Waals surface area contributed by atoms with Gasteiger partial charge in [-0.2, -0.15) is 0 Å². The topological polar surface area (TPSA) is 69.7 Å². The van der Waals surface area contributed by atoms with Gasteiger partial charge in [0.15, 0.2) is 0 Å². The number of hydrogen-bond donors (Lipinski definition) is 0. The van der Waals surface area contributed by atoms with Gasteiger partial charge in [0.25, 0.3) is 0 Å². The number of rotatable bonds is 2. The minimum Gasteiger partial charge on any atom is -0.462 e. The lowest BCUT2D eigenvalue weighted by molar-refractivity contribution is 0.0431. The lowest BCUT2D eigenvalue weighted by Gasteiger charge is -2.03. The van der Waals surface area contributed by atoms with Gasteiger partial charge in [-0.25, -0.2) is 14.4 Å². The molecule has 0 saturated heterocycles. The van der Waals surface area contributed by atoms with E-state index < -0.39 is 17.9 Å². The van der Waals surface area contributed by atoms with Crippen molar-refractivity contribution < 1.29 is 23.9 Å². The number of ether oxygens (including phenoxy) is 2. The molecule has 0 atom stereocenters. The Hall–Kier alpha value is -2.17. The molecule has 0 fully saturated rings. The predicted molar refractivity (Wildman–Crippen MR) is 52.1 cm³/mol. The highest BCUT2D eigenvalue weighted by atomic mass is 16.6. The second-order valence-corrected chi connectivity index (χ2v) is 3.13. The van der Waals surface area contributed by atoms with Crippen LogP contribution in [0.25, 0.3) is 0 Å². The van der Waals surface area contributed by atoms with E-state index in [2.05, 4.69) is 4.74 Å². The van der Waals surface area contributed by atoms with Crippen LogP contribution in [0.5, 0.6) is 0 Å². The molecule has 16 heavy (non-hydrogen) atoms. The number of benzene rings is 1. The molecule has 0 spiro atoms. The van der Waals surface area contributed by atoms with Crippen molar-refractivity contribution in [3.05, 3.63) is 34.9 Å². The van der Waals surface area contributed by atoms with E-state index in [1.807, 2.05) is 0 Å². The first-order valence-electron chi connectivity index (χ1n) is 4.71. The van der Waals surface area contributed by atoms with Crippen molar-refractivity contribution in [2.45, 2.75) is 6.92 Å². The van der Waals surface area contributed by atoms with Crippen LogP contribution in [0, 0.1) is 0 Å². The summed E-state index contributed by atoms with van der Waals surface area (Å²) in [6.07, 6.45) is 0. The second-order valence-electron chi connectivity index (χ2n) is 3.13. The molecule has 0 aliphatic carbocycles. The summed E-state index contributed by atoms with van der Waals surface area (Å²) in [5.74, 6) is -2.17. The summed E-state index contributed by atoms with van der Waals surface area (Å²) in [7, 11) is 0. The molecule has 1 heterocycles. The van der Waals surface area contributed by atoms with Gasteiger partial charge in [-0.05, 0) is 19.1 Å². The van der Waals surface area contributed by atoms with Crippen LogP contribution >= 0.6 is 0 Å². The van der Waals surface area contributed by atoms with E-state index >= 15 is 0 Å². The van der Waals surface area contributed by atoms with E-state index in [0.717, 1.165) is 0 Å². The maximum atomic E-state index is 11.5. The molecule has 1 aromatic carbocycles. The van der Waals surface area contributed by atoms with Crippen molar-refractivity contribution in [2.24, 2.45) is 0 Å². The summed E-state index contributed by atoms with van der Waals surface area (Å²) in [5.41, 5.74) is 0.164. The zero-order valence-electron chi connectivity index (χ0n) is 8.48. The number of cyclic esters (lactones) is 2. The summed E-state index contributed by atoms with van der Waals surface area (Å²) < 4.78 is 9.19. The zero-order chi connectivity index (χ0) is 11.7. The summed E-state index contributed by atoms with van der Waals surface area (Å²) >= 11 is 0. The third-order valence-corrected chi connectivity index (χ3v) is 2.17. The molecule has 0 saturated carbocycles. The fourth-order valence-electron chi connectivity index (χ4n) is 1.51. The number of carbonyl (C=O) groups excluding carboxylic acids is 3. The largest absolute Gasteiger partial charge is 0.462 e. The maximum absolute atomic E-state index is 11.5. The molecule has 5 nitrogen and oxygen atoms in total. The Kier molecular flexibility index (Phi) is 2.44. The van der Waals surface area contributed by atoms with Crippen LogP contribution < -0.4 is 0 Å². The summed E-state index contributed by atoms with van der Waals surface area (Å²) in [5, 5.41) is 0. The molecule has 0 N–H and O–H groups in total. The van der Waals surface area contributed by atoms with Crippen molar-refractivity contribution in [3.63, 3.8) is 0 Å². The molecule has 5 heteroatoms. The lowest BCUT2D eigenvalue weighted by Crippen LogP contribution is -2.10. The summed E-state index contributed by atoms with van der Waals surface area (Å²) in [4.78, 5) is 34.1. The van der Waals surface area contributed by atoms with Gasteiger partial charge in [0.1, 0.15) is 0 Å². The van der Waals surface area contributed by atoms with E-state index in [1.54, 1.807) is 6.92 Å². The molecule has 2 rings (SSSR count). The first kappa shape index (κ1) is 10.4. The number of esters is 3. The fraction of sp³-hybridized carbons (Fsp3) is 0.182. The van der Waals surface area contributed by atoms with Crippen LogP contribution in [0.15, 0.2) is 18.2 Å². The van der Waals surface area contributed by atoms with Gasteiger partial charge in [-0.1, -0.05) is 6.07 Å². The smallest absolute Gasteiger partial charge is 0.347 e. The molecular formula is C11H8O5. The van der Waals surface area contributed by atoms with Gasteiger partial charge in [0, 0.05) is 0 Å². The fourth-order valence-corrected chi connectivity index (χ4v) is 1.51. The maximum Gasteiger partial charge on any atom is 0.347 e. The molecular weight excluding hydrogens is 212 g/mol. The first-order valence-corrected chi connectivity index (χ1v) is 4.71. The molecule has 1 aromatic rings. The van der Waals surface area contributed by atoms with Gasteiger partial charge >= 0.3 is 17.9 Å². The molecule has 0 amide bonds. The Morgan fingerprint density at radius 2 is 2.06 bits per heavy atom. The average Bonchev–Trinajstić information content (AvgIpc) is 2.55. The van der Waals surface area contributed by atoms with E-state index in [4.69, 9.17) is 4.74 Å². The van der Waals surface area contributed by atoms with Gasteiger partial charge in [-0.3, -0.25) is 0 Å². The van der Waals surface area contributed by atoms with Crippen LogP contribution in [-0.4, -0.2) is 24.5 Å². The molecule has 0 aromatic heterocycles. The molecule has 0 bridgehead atoms. The molecule has 0 radical (unpaired) electrons. The van der Waals surface area contributed by atoms with Crippen molar-refractivity contribution in [1.29, 1.82) is 0 Å². The Labute approximate surface area is 91.0 Å². The Morgan fingerprint density at radius 3 is 2.75 bits per heavy atom. The average molecular weight is 220 g/mol. The quantitative estimate of drug-likeness (QED) is 0.552.